The normalized spacial score (nSPS) is 15.9. The van der Waals surface area contributed by atoms with Gasteiger partial charge in [0.05, 0.1) is 10.6 Å². The number of rotatable bonds is 6. The highest BCUT2D eigenvalue weighted by Crippen LogP contribution is 2.21. The summed E-state index contributed by atoms with van der Waals surface area (Å²) in [5.41, 5.74) is 0.331. The molecule has 1 aliphatic heterocycles. The van der Waals surface area contributed by atoms with Crippen molar-refractivity contribution in [3.8, 4) is 0 Å². The van der Waals surface area contributed by atoms with Crippen LogP contribution in [0, 0.1) is 0 Å². The molecule has 0 aromatic heterocycles. The Kier molecular flexibility index (Phi) is 8.07. The molecule has 1 N–H and O–H groups in total. The summed E-state index contributed by atoms with van der Waals surface area (Å²) in [7, 11) is 0. The molecule has 1 aliphatic rings. The summed E-state index contributed by atoms with van der Waals surface area (Å²) in [6.07, 6.45) is 2.58. The molecule has 0 saturated carbocycles. The Bertz CT molecular complexity index is 595. The maximum atomic E-state index is 12.7. The van der Waals surface area contributed by atoms with Crippen LogP contribution in [0.1, 0.15) is 16.8 Å². The van der Waals surface area contributed by atoms with Crippen LogP contribution in [-0.4, -0.2) is 59.4 Å². The van der Waals surface area contributed by atoms with E-state index in [4.69, 9.17) is 23.2 Å². The zero-order chi connectivity index (χ0) is 17.5. The lowest BCUT2D eigenvalue weighted by atomic mass is 10.1. The summed E-state index contributed by atoms with van der Waals surface area (Å²) in [4.78, 5) is 27.1. The highest BCUT2D eigenvalue weighted by atomic mass is 35.5. The molecule has 8 heteroatoms. The first-order valence-corrected chi connectivity index (χ1v) is 10.9. The average molecular weight is 407 g/mol. The zero-order valence-corrected chi connectivity index (χ0v) is 16.5. The highest BCUT2D eigenvalue weighted by molar-refractivity contribution is 7.99. The van der Waals surface area contributed by atoms with Crippen molar-refractivity contribution >= 4 is 58.5 Å². The van der Waals surface area contributed by atoms with Gasteiger partial charge in [-0.25, -0.2) is 0 Å². The molecule has 0 radical (unpaired) electrons. The van der Waals surface area contributed by atoms with Gasteiger partial charge < -0.3 is 10.2 Å². The fourth-order valence-corrected chi connectivity index (χ4v) is 4.28. The molecule has 1 aromatic rings. The topological polar surface area (TPSA) is 49.4 Å². The molecule has 1 fully saturated rings. The van der Waals surface area contributed by atoms with Crippen molar-refractivity contribution < 1.29 is 9.59 Å². The third-order valence-electron chi connectivity index (χ3n) is 3.71. The van der Waals surface area contributed by atoms with E-state index in [1.807, 2.05) is 22.9 Å². The molecule has 24 heavy (non-hydrogen) atoms. The first-order chi connectivity index (χ1) is 11.5. The van der Waals surface area contributed by atoms with Crippen LogP contribution < -0.4 is 5.32 Å². The molecule has 1 saturated heterocycles. The van der Waals surface area contributed by atoms with Crippen molar-refractivity contribution in [3.63, 3.8) is 0 Å². The van der Waals surface area contributed by atoms with E-state index in [2.05, 4.69) is 5.32 Å². The minimum atomic E-state index is -0.528. The van der Waals surface area contributed by atoms with Crippen molar-refractivity contribution in [1.29, 1.82) is 0 Å². The van der Waals surface area contributed by atoms with Gasteiger partial charge in [0.2, 0.25) is 5.91 Å². The number of nitrogens with one attached hydrogen (secondary N) is 1. The molecule has 1 atom stereocenters. The summed E-state index contributed by atoms with van der Waals surface area (Å²) in [5, 5.41) is 3.60. The van der Waals surface area contributed by atoms with Gasteiger partial charge in [-0.3, -0.25) is 9.59 Å². The largest absolute Gasteiger partial charge is 0.340 e. The molecular weight excluding hydrogens is 387 g/mol. The quantitative estimate of drug-likeness (QED) is 0.785. The van der Waals surface area contributed by atoms with Crippen molar-refractivity contribution in [1.82, 2.24) is 10.2 Å². The molecule has 0 bridgehead atoms. The molecule has 1 unspecified atom stereocenters. The van der Waals surface area contributed by atoms with Crippen LogP contribution in [0.2, 0.25) is 10.0 Å². The van der Waals surface area contributed by atoms with Gasteiger partial charge in [-0.2, -0.15) is 23.5 Å². The first kappa shape index (κ1) is 19.8. The third-order valence-corrected chi connectivity index (χ3v) is 5.85. The van der Waals surface area contributed by atoms with Gasteiger partial charge in [0.1, 0.15) is 6.04 Å². The lowest BCUT2D eigenvalue weighted by molar-refractivity contribution is -0.132. The van der Waals surface area contributed by atoms with E-state index < -0.39 is 6.04 Å². The zero-order valence-electron chi connectivity index (χ0n) is 13.4. The predicted molar refractivity (Wildman–Crippen MR) is 105 cm³/mol. The van der Waals surface area contributed by atoms with E-state index in [0.717, 1.165) is 30.3 Å². The Morgan fingerprint density at radius 3 is 2.67 bits per heavy atom. The monoisotopic (exact) mass is 406 g/mol. The van der Waals surface area contributed by atoms with E-state index in [1.165, 1.54) is 6.07 Å². The summed E-state index contributed by atoms with van der Waals surface area (Å²) >= 11 is 15.5. The Balaban J connectivity index is 2.09. The maximum Gasteiger partial charge on any atom is 0.253 e. The molecule has 132 valence electrons. The smallest absolute Gasteiger partial charge is 0.253 e. The van der Waals surface area contributed by atoms with Crippen LogP contribution in [-0.2, 0) is 4.79 Å². The number of nitrogens with zero attached hydrogens (tertiary/aromatic N) is 1. The molecule has 1 aromatic carbocycles. The van der Waals surface area contributed by atoms with Gasteiger partial charge in [0, 0.05) is 29.6 Å². The number of halogens is 2. The number of amides is 2. The van der Waals surface area contributed by atoms with Crippen molar-refractivity contribution in [2.75, 3.05) is 36.6 Å². The van der Waals surface area contributed by atoms with E-state index >= 15 is 0 Å². The van der Waals surface area contributed by atoms with E-state index in [9.17, 15) is 9.59 Å². The summed E-state index contributed by atoms with van der Waals surface area (Å²) in [5.74, 6) is 2.33. The van der Waals surface area contributed by atoms with Crippen LogP contribution in [0.4, 0.5) is 0 Å². The van der Waals surface area contributed by atoms with Gasteiger partial charge in [0.25, 0.3) is 5.91 Å². The predicted octanol–water partition coefficient (Wildman–Crippen LogP) is 3.42. The Labute approximate surface area is 161 Å². The van der Waals surface area contributed by atoms with Gasteiger partial charge in [0.15, 0.2) is 0 Å². The van der Waals surface area contributed by atoms with Crippen LogP contribution in [0.3, 0.4) is 0 Å². The number of thioether (sulfide) groups is 2. The fourth-order valence-electron chi connectivity index (χ4n) is 2.41. The number of benzene rings is 1. The third kappa shape index (κ3) is 5.48. The first-order valence-electron chi connectivity index (χ1n) is 7.64. The molecule has 4 nitrogen and oxygen atoms in total. The molecule has 2 rings (SSSR count). The number of hydrogen-bond acceptors (Lipinski definition) is 4. The van der Waals surface area contributed by atoms with Crippen LogP contribution in [0.5, 0.6) is 0 Å². The van der Waals surface area contributed by atoms with Crippen LogP contribution in [0.15, 0.2) is 18.2 Å². The van der Waals surface area contributed by atoms with Gasteiger partial charge >= 0.3 is 0 Å². The van der Waals surface area contributed by atoms with E-state index in [1.54, 1.807) is 23.9 Å². The standard InChI is InChI=1S/C16H20Cl2N2O2S2/c1-23-7-4-14(16(22)20-5-8-24-9-6-20)19-15(21)12-3-2-11(17)10-13(12)18/h2-3,10,14H,4-9H2,1H3,(H,19,21). The highest BCUT2D eigenvalue weighted by Gasteiger charge is 2.27. The number of carbonyl (C=O) groups is 2. The Morgan fingerprint density at radius 1 is 1.33 bits per heavy atom. The molecule has 1 heterocycles. The fraction of sp³-hybridized carbons (Fsp3) is 0.500. The number of carbonyl (C=O) groups excluding carboxylic acids is 2. The number of hydrogen-bond donors (Lipinski definition) is 1. The van der Waals surface area contributed by atoms with Crippen molar-refractivity contribution in [3.05, 3.63) is 33.8 Å². The minimum Gasteiger partial charge on any atom is -0.340 e. The summed E-state index contributed by atoms with van der Waals surface area (Å²) in [6, 6.07) is 4.19. The van der Waals surface area contributed by atoms with Gasteiger partial charge in [-0.05, 0) is 36.6 Å². The molecule has 0 spiro atoms. The minimum absolute atomic E-state index is 0.0113. The van der Waals surface area contributed by atoms with Gasteiger partial charge in [-0.15, -0.1) is 0 Å². The van der Waals surface area contributed by atoms with E-state index in [-0.39, 0.29) is 16.8 Å². The summed E-state index contributed by atoms with van der Waals surface area (Å²) in [6.45, 7) is 1.47. The maximum absolute atomic E-state index is 12.7. The summed E-state index contributed by atoms with van der Waals surface area (Å²) < 4.78 is 0. The average Bonchev–Trinajstić information content (AvgIpc) is 2.58. The Morgan fingerprint density at radius 2 is 2.04 bits per heavy atom. The van der Waals surface area contributed by atoms with Crippen LogP contribution >= 0.6 is 46.7 Å². The van der Waals surface area contributed by atoms with Crippen molar-refractivity contribution in [2.24, 2.45) is 0 Å². The second kappa shape index (κ2) is 9.80. The van der Waals surface area contributed by atoms with Crippen molar-refractivity contribution in [2.45, 2.75) is 12.5 Å². The second-order valence-electron chi connectivity index (χ2n) is 5.37. The lowest BCUT2D eigenvalue weighted by Crippen LogP contribution is -2.51. The molecular formula is C16H20Cl2N2O2S2. The Hall–Kier alpha value is -0.560. The lowest BCUT2D eigenvalue weighted by Gasteiger charge is -2.30. The van der Waals surface area contributed by atoms with Gasteiger partial charge in [-0.1, -0.05) is 23.2 Å². The molecule has 2 amide bonds. The SMILES string of the molecule is CSCCC(NC(=O)c1ccc(Cl)cc1Cl)C(=O)N1CCSCC1. The van der Waals surface area contributed by atoms with E-state index in [0.29, 0.717) is 17.0 Å². The molecule has 0 aliphatic carbocycles. The second-order valence-corrected chi connectivity index (χ2v) is 8.42. The van der Waals surface area contributed by atoms with Crippen LogP contribution in [0.25, 0.3) is 0 Å².